The summed E-state index contributed by atoms with van der Waals surface area (Å²) in [6.07, 6.45) is 8.45. The highest BCUT2D eigenvalue weighted by molar-refractivity contribution is 5.55. The Morgan fingerprint density at radius 1 is 1.19 bits per heavy atom. The lowest BCUT2D eigenvalue weighted by molar-refractivity contribution is 0.192. The Bertz CT molecular complexity index is 589. The second kappa shape index (κ2) is 5.31. The molecule has 0 saturated carbocycles. The molecule has 3 heterocycles. The predicted molar refractivity (Wildman–Crippen MR) is 82.2 cm³/mol. The lowest BCUT2D eigenvalue weighted by Gasteiger charge is -2.32. The van der Waals surface area contributed by atoms with E-state index in [-0.39, 0.29) is 0 Å². The fourth-order valence-corrected chi connectivity index (χ4v) is 4.26. The summed E-state index contributed by atoms with van der Waals surface area (Å²) in [4.78, 5) is 7.38. The van der Waals surface area contributed by atoms with E-state index < -0.39 is 0 Å². The molecule has 2 saturated heterocycles. The van der Waals surface area contributed by atoms with Crippen LogP contribution in [0.5, 0.6) is 0 Å². The SMILES string of the molecule is N#Cc1cc2c(nc1NC1CCN3CCCCC13)CCC2. The van der Waals surface area contributed by atoms with Crippen molar-refractivity contribution in [3.63, 3.8) is 0 Å². The van der Waals surface area contributed by atoms with Gasteiger partial charge in [0, 0.05) is 24.3 Å². The second-order valence-electron chi connectivity index (χ2n) is 6.59. The van der Waals surface area contributed by atoms with Gasteiger partial charge in [-0.05, 0) is 56.7 Å². The maximum Gasteiger partial charge on any atom is 0.144 e. The quantitative estimate of drug-likeness (QED) is 0.905. The number of nitriles is 1. The molecular weight excluding hydrogens is 260 g/mol. The van der Waals surface area contributed by atoms with Gasteiger partial charge in [0.25, 0.3) is 0 Å². The maximum atomic E-state index is 9.42. The van der Waals surface area contributed by atoms with E-state index in [9.17, 15) is 5.26 Å². The van der Waals surface area contributed by atoms with Crippen LogP contribution >= 0.6 is 0 Å². The molecule has 21 heavy (non-hydrogen) atoms. The first-order valence-corrected chi connectivity index (χ1v) is 8.28. The van der Waals surface area contributed by atoms with Crippen LogP contribution in [0.15, 0.2) is 6.07 Å². The first-order chi connectivity index (χ1) is 10.3. The Labute approximate surface area is 126 Å². The fraction of sp³-hybridized carbons (Fsp3) is 0.647. The van der Waals surface area contributed by atoms with Crippen LogP contribution in [0.1, 0.15) is 48.9 Å². The van der Waals surface area contributed by atoms with Crippen LogP contribution in [-0.4, -0.2) is 35.1 Å². The van der Waals surface area contributed by atoms with Crippen molar-refractivity contribution in [1.82, 2.24) is 9.88 Å². The monoisotopic (exact) mass is 282 g/mol. The van der Waals surface area contributed by atoms with Gasteiger partial charge in [-0.3, -0.25) is 4.90 Å². The highest BCUT2D eigenvalue weighted by atomic mass is 15.2. The number of hydrogen-bond acceptors (Lipinski definition) is 4. The van der Waals surface area contributed by atoms with Crippen LogP contribution in [0.3, 0.4) is 0 Å². The average Bonchev–Trinajstić information content (AvgIpc) is 3.13. The largest absolute Gasteiger partial charge is 0.365 e. The van der Waals surface area contributed by atoms with Crippen LogP contribution < -0.4 is 5.32 Å². The standard InChI is InChI=1S/C17H22N4/c18-11-13-10-12-4-3-5-14(12)19-17(13)20-15-7-9-21-8-2-1-6-16(15)21/h10,15-16H,1-9H2,(H,19,20). The highest BCUT2D eigenvalue weighted by Gasteiger charge is 2.36. The Hall–Kier alpha value is -1.60. The van der Waals surface area contributed by atoms with E-state index in [1.54, 1.807) is 0 Å². The summed E-state index contributed by atoms with van der Waals surface area (Å²) in [5, 5.41) is 13.0. The molecule has 1 N–H and O–H groups in total. The number of fused-ring (bicyclic) bond motifs is 2. The number of rotatable bonds is 2. The number of aryl methyl sites for hydroxylation is 2. The van der Waals surface area contributed by atoms with Crippen molar-refractivity contribution >= 4 is 5.82 Å². The fourth-order valence-electron chi connectivity index (χ4n) is 4.26. The van der Waals surface area contributed by atoms with Crippen molar-refractivity contribution < 1.29 is 0 Å². The van der Waals surface area contributed by atoms with Gasteiger partial charge in [-0.1, -0.05) is 6.42 Å². The molecule has 4 nitrogen and oxygen atoms in total. The van der Waals surface area contributed by atoms with Gasteiger partial charge in [0.05, 0.1) is 5.56 Å². The summed E-state index contributed by atoms with van der Waals surface area (Å²) in [5.74, 6) is 0.829. The molecule has 1 aromatic rings. The molecule has 0 radical (unpaired) electrons. The molecule has 2 aliphatic heterocycles. The number of nitrogens with one attached hydrogen (secondary N) is 1. The third-order valence-corrected chi connectivity index (χ3v) is 5.35. The first-order valence-electron chi connectivity index (χ1n) is 8.28. The zero-order chi connectivity index (χ0) is 14.2. The average molecular weight is 282 g/mol. The summed E-state index contributed by atoms with van der Waals surface area (Å²) in [6, 6.07) is 5.50. The molecule has 0 bridgehead atoms. The molecule has 1 aromatic heterocycles. The molecule has 0 spiro atoms. The van der Waals surface area contributed by atoms with Gasteiger partial charge >= 0.3 is 0 Å². The van der Waals surface area contributed by atoms with Crippen LogP contribution in [0.4, 0.5) is 5.82 Å². The van der Waals surface area contributed by atoms with Crippen LogP contribution in [-0.2, 0) is 12.8 Å². The van der Waals surface area contributed by atoms with E-state index in [4.69, 9.17) is 4.98 Å². The molecular formula is C17H22N4. The maximum absolute atomic E-state index is 9.42. The summed E-state index contributed by atoms with van der Waals surface area (Å²) in [6.45, 7) is 2.43. The van der Waals surface area contributed by atoms with Crippen molar-refractivity contribution in [3.8, 4) is 6.07 Å². The van der Waals surface area contributed by atoms with E-state index in [0.29, 0.717) is 12.1 Å². The molecule has 4 rings (SSSR count). The number of pyridine rings is 1. The van der Waals surface area contributed by atoms with Gasteiger partial charge in [-0.2, -0.15) is 5.26 Å². The van der Waals surface area contributed by atoms with E-state index in [0.717, 1.165) is 24.2 Å². The summed E-state index contributed by atoms with van der Waals surface area (Å²) in [5.41, 5.74) is 3.21. The van der Waals surface area contributed by atoms with Crippen molar-refractivity contribution in [2.45, 2.75) is 57.0 Å². The highest BCUT2D eigenvalue weighted by Crippen LogP contribution is 2.31. The lowest BCUT2D eigenvalue weighted by Crippen LogP contribution is -2.42. The van der Waals surface area contributed by atoms with E-state index >= 15 is 0 Å². The molecule has 3 aliphatic rings. The topological polar surface area (TPSA) is 52.0 Å². The number of hydrogen-bond donors (Lipinski definition) is 1. The Kier molecular flexibility index (Phi) is 3.31. The van der Waals surface area contributed by atoms with Crippen LogP contribution in [0.25, 0.3) is 0 Å². The Morgan fingerprint density at radius 3 is 3.05 bits per heavy atom. The molecule has 2 unspecified atom stereocenters. The van der Waals surface area contributed by atoms with Crippen LogP contribution in [0.2, 0.25) is 0 Å². The molecule has 0 amide bonds. The second-order valence-corrected chi connectivity index (χ2v) is 6.59. The van der Waals surface area contributed by atoms with Crippen molar-refractivity contribution in [1.29, 1.82) is 5.26 Å². The van der Waals surface area contributed by atoms with Gasteiger partial charge in [-0.25, -0.2) is 4.98 Å². The first kappa shape index (κ1) is 13.1. The molecule has 4 heteroatoms. The number of piperidine rings is 1. The Morgan fingerprint density at radius 2 is 2.14 bits per heavy atom. The number of nitrogens with zero attached hydrogens (tertiary/aromatic N) is 3. The number of aromatic nitrogens is 1. The smallest absolute Gasteiger partial charge is 0.144 e. The molecule has 2 fully saturated rings. The van der Waals surface area contributed by atoms with Crippen molar-refractivity contribution in [2.24, 2.45) is 0 Å². The molecule has 2 atom stereocenters. The predicted octanol–water partition coefficient (Wildman–Crippen LogP) is 2.48. The summed E-state index contributed by atoms with van der Waals surface area (Å²) >= 11 is 0. The molecule has 0 aromatic carbocycles. The van der Waals surface area contributed by atoms with Gasteiger partial charge < -0.3 is 5.32 Å². The minimum atomic E-state index is 0.462. The minimum absolute atomic E-state index is 0.462. The third-order valence-electron chi connectivity index (χ3n) is 5.35. The van der Waals surface area contributed by atoms with Gasteiger partial charge in [0.2, 0.25) is 0 Å². The van der Waals surface area contributed by atoms with Crippen LogP contribution in [0, 0.1) is 11.3 Å². The molecule has 110 valence electrons. The van der Waals surface area contributed by atoms with Crippen molar-refractivity contribution in [3.05, 3.63) is 22.9 Å². The summed E-state index contributed by atoms with van der Waals surface area (Å²) < 4.78 is 0. The molecule has 1 aliphatic carbocycles. The van der Waals surface area contributed by atoms with E-state index in [1.807, 2.05) is 0 Å². The zero-order valence-corrected chi connectivity index (χ0v) is 12.4. The van der Waals surface area contributed by atoms with Gasteiger partial charge in [-0.15, -0.1) is 0 Å². The van der Waals surface area contributed by atoms with Crippen molar-refractivity contribution in [2.75, 3.05) is 18.4 Å². The van der Waals surface area contributed by atoms with Gasteiger partial charge in [0.1, 0.15) is 11.9 Å². The van der Waals surface area contributed by atoms with E-state index in [1.165, 1.54) is 56.5 Å². The summed E-state index contributed by atoms with van der Waals surface area (Å²) in [7, 11) is 0. The minimum Gasteiger partial charge on any atom is -0.365 e. The van der Waals surface area contributed by atoms with E-state index in [2.05, 4.69) is 22.4 Å². The normalized spacial score (nSPS) is 28.0. The Balaban J connectivity index is 1.58. The van der Waals surface area contributed by atoms with Gasteiger partial charge in [0.15, 0.2) is 0 Å². The third kappa shape index (κ3) is 2.30. The lowest BCUT2D eigenvalue weighted by atomic mass is 9.99. The zero-order valence-electron chi connectivity index (χ0n) is 12.4. The number of anilines is 1.